The Bertz CT molecular complexity index is 330. The van der Waals surface area contributed by atoms with Crippen molar-refractivity contribution >= 4 is 11.9 Å². The summed E-state index contributed by atoms with van der Waals surface area (Å²) in [6, 6.07) is 0. The van der Waals surface area contributed by atoms with Gasteiger partial charge in [-0.3, -0.25) is 0 Å². The number of hydrogen-bond acceptors (Lipinski definition) is 4. The van der Waals surface area contributed by atoms with Crippen molar-refractivity contribution in [2.45, 2.75) is 39.5 Å². The zero-order valence-corrected chi connectivity index (χ0v) is 11.4. The molecule has 1 rings (SSSR count). The Balaban J connectivity index is 2.79. The zero-order valence-electron chi connectivity index (χ0n) is 11.4. The maximum atomic E-state index is 11.1. The summed E-state index contributed by atoms with van der Waals surface area (Å²) in [7, 11) is 0. The first kappa shape index (κ1) is 14.6. The van der Waals surface area contributed by atoms with E-state index in [0.717, 1.165) is 51.9 Å². The Morgan fingerprint density at radius 1 is 0.889 bits per heavy atom. The van der Waals surface area contributed by atoms with Crippen LogP contribution < -0.4 is 0 Å². The number of carbonyl (C=O) groups excluding carboxylic acids is 2. The van der Waals surface area contributed by atoms with Crippen LogP contribution in [0.3, 0.4) is 0 Å². The van der Waals surface area contributed by atoms with E-state index in [4.69, 9.17) is 0 Å². The van der Waals surface area contributed by atoms with Gasteiger partial charge in [-0.15, -0.1) is 0 Å². The summed E-state index contributed by atoms with van der Waals surface area (Å²) in [5, 5.41) is 0. The fourth-order valence-corrected chi connectivity index (χ4v) is 2.14. The number of piperazine rings is 1. The summed E-state index contributed by atoms with van der Waals surface area (Å²) < 4.78 is 0. The molecule has 0 radical (unpaired) electrons. The fourth-order valence-electron chi connectivity index (χ4n) is 2.14. The highest BCUT2D eigenvalue weighted by Gasteiger charge is 2.26. The molecule has 0 spiro atoms. The Morgan fingerprint density at radius 2 is 1.28 bits per heavy atom. The van der Waals surface area contributed by atoms with Gasteiger partial charge in [0.05, 0.1) is 0 Å². The van der Waals surface area contributed by atoms with E-state index in [0.29, 0.717) is 11.4 Å². The summed E-state index contributed by atoms with van der Waals surface area (Å²) >= 11 is 0. The van der Waals surface area contributed by atoms with E-state index in [2.05, 4.69) is 13.8 Å². The molecule has 0 aromatic carbocycles. The van der Waals surface area contributed by atoms with Crippen LogP contribution in [0.1, 0.15) is 39.5 Å². The second-order valence-corrected chi connectivity index (χ2v) is 4.58. The first-order valence-electron chi connectivity index (χ1n) is 6.78. The van der Waals surface area contributed by atoms with Gasteiger partial charge >= 0.3 is 0 Å². The lowest BCUT2D eigenvalue weighted by Crippen LogP contribution is -2.44. The van der Waals surface area contributed by atoms with Gasteiger partial charge in [-0.25, -0.2) is 9.59 Å². The lowest BCUT2D eigenvalue weighted by atomic mass is 10.1. The maximum Gasteiger partial charge on any atom is 0.158 e. The second-order valence-electron chi connectivity index (χ2n) is 4.58. The van der Waals surface area contributed by atoms with Gasteiger partial charge in [-0.05, 0) is 12.8 Å². The molecule has 0 unspecified atom stereocenters. The summed E-state index contributed by atoms with van der Waals surface area (Å²) in [6.45, 7) is 7.43. The second kappa shape index (κ2) is 7.75. The van der Waals surface area contributed by atoms with E-state index in [9.17, 15) is 9.59 Å². The minimum Gasteiger partial charge on any atom is -0.358 e. The molecular weight excluding hydrogens is 228 g/mol. The normalized spacial score (nSPS) is 15.7. The molecule has 0 aliphatic carbocycles. The van der Waals surface area contributed by atoms with Crippen molar-refractivity contribution in [1.29, 1.82) is 0 Å². The van der Waals surface area contributed by atoms with Crippen LogP contribution in [-0.2, 0) is 9.59 Å². The molecule has 0 aromatic rings. The van der Waals surface area contributed by atoms with Crippen molar-refractivity contribution in [2.75, 3.05) is 26.2 Å². The minimum atomic E-state index is 0.390. The van der Waals surface area contributed by atoms with Crippen molar-refractivity contribution in [3.05, 3.63) is 11.4 Å². The molecule has 1 aliphatic heterocycles. The predicted molar refractivity (Wildman–Crippen MR) is 71.4 cm³/mol. The summed E-state index contributed by atoms with van der Waals surface area (Å²) in [4.78, 5) is 26.1. The van der Waals surface area contributed by atoms with Crippen molar-refractivity contribution in [3.63, 3.8) is 0 Å². The van der Waals surface area contributed by atoms with E-state index in [1.165, 1.54) is 0 Å². The van der Waals surface area contributed by atoms with Crippen LogP contribution in [0.2, 0.25) is 0 Å². The van der Waals surface area contributed by atoms with Crippen LogP contribution in [-0.4, -0.2) is 47.9 Å². The lowest BCUT2D eigenvalue weighted by Gasteiger charge is -2.37. The Labute approximate surface area is 109 Å². The molecule has 0 N–H and O–H groups in total. The molecule has 4 nitrogen and oxygen atoms in total. The predicted octanol–water partition coefficient (Wildman–Crippen LogP) is 1.64. The van der Waals surface area contributed by atoms with Crippen LogP contribution in [0, 0.1) is 0 Å². The lowest BCUT2D eigenvalue weighted by molar-refractivity contribution is 0.218. The summed E-state index contributed by atoms with van der Waals surface area (Å²) in [6.07, 6.45) is 4.18. The van der Waals surface area contributed by atoms with E-state index in [1.807, 2.05) is 21.7 Å². The number of rotatable bonds is 6. The Morgan fingerprint density at radius 3 is 1.56 bits per heavy atom. The standard InChI is InChI=1S/C14H22N2O2/c1-3-5-7-15-9-10-16(8-6-4-2)14(12-18)13(15)11-17/h3-10H2,1-2H3. The molecule has 1 heterocycles. The summed E-state index contributed by atoms with van der Waals surface area (Å²) in [5.41, 5.74) is 0.779. The first-order chi connectivity index (χ1) is 8.78. The number of unbranched alkanes of at least 4 members (excludes halogenated alkanes) is 2. The van der Waals surface area contributed by atoms with Crippen LogP contribution in [0.15, 0.2) is 11.4 Å². The van der Waals surface area contributed by atoms with Gasteiger partial charge < -0.3 is 9.80 Å². The van der Waals surface area contributed by atoms with Gasteiger partial charge in [0.15, 0.2) is 23.3 Å². The van der Waals surface area contributed by atoms with Gasteiger partial charge in [0, 0.05) is 26.2 Å². The zero-order chi connectivity index (χ0) is 13.4. The highest BCUT2D eigenvalue weighted by Crippen LogP contribution is 2.21. The smallest absolute Gasteiger partial charge is 0.158 e. The highest BCUT2D eigenvalue weighted by molar-refractivity contribution is 5.70. The van der Waals surface area contributed by atoms with Crippen molar-refractivity contribution < 1.29 is 9.59 Å². The quantitative estimate of drug-likeness (QED) is 0.672. The third-order valence-electron chi connectivity index (χ3n) is 3.25. The van der Waals surface area contributed by atoms with E-state index in [1.54, 1.807) is 0 Å². The van der Waals surface area contributed by atoms with E-state index >= 15 is 0 Å². The molecule has 0 saturated carbocycles. The van der Waals surface area contributed by atoms with Crippen molar-refractivity contribution in [1.82, 2.24) is 9.80 Å². The van der Waals surface area contributed by atoms with Crippen LogP contribution in [0.4, 0.5) is 0 Å². The van der Waals surface area contributed by atoms with Gasteiger partial charge in [-0.2, -0.15) is 0 Å². The van der Waals surface area contributed by atoms with E-state index < -0.39 is 0 Å². The largest absolute Gasteiger partial charge is 0.358 e. The fraction of sp³-hybridized carbons (Fsp3) is 0.714. The first-order valence-corrected chi connectivity index (χ1v) is 6.78. The average Bonchev–Trinajstić information content (AvgIpc) is 2.42. The van der Waals surface area contributed by atoms with Gasteiger partial charge in [0.25, 0.3) is 0 Å². The van der Waals surface area contributed by atoms with E-state index in [-0.39, 0.29) is 0 Å². The SMILES string of the molecule is CCCCN1CCN(CCCC)C(=C=O)C1=C=O. The van der Waals surface area contributed by atoms with Crippen LogP contribution in [0.5, 0.6) is 0 Å². The molecule has 0 bridgehead atoms. The number of hydrogen-bond donors (Lipinski definition) is 0. The monoisotopic (exact) mass is 250 g/mol. The molecule has 0 aromatic heterocycles. The summed E-state index contributed by atoms with van der Waals surface area (Å²) in [5.74, 6) is 3.84. The molecule has 1 saturated heterocycles. The minimum absolute atomic E-state index is 0.390. The molecular formula is C14H22N2O2. The molecule has 1 aliphatic rings. The average molecular weight is 250 g/mol. The third-order valence-corrected chi connectivity index (χ3v) is 3.25. The van der Waals surface area contributed by atoms with Crippen molar-refractivity contribution in [2.24, 2.45) is 0 Å². The third kappa shape index (κ3) is 3.49. The Kier molecular flexibility index (Phi) is 6.27. The van der Waals surface area contributed by atoms with Crippen molar-refractivity contribution in [3.8, 4) is 0 Å². The molecule has 1 fully saturated rings. The topological polar surface area (TPSA) is 40.6 Å². The molecule has 18 heavy (non-hydrogen) atoms. The number of nitrogens with zero attached hydrogens (tertiary/aromatic N) is 2. The molecule has 0 amide bonds. The Hall–Kier alpha value is -1.50. The van der Waals surface area contributed by atoms with Gasteiger partial charge in [0.1, 0.15) is 0 Å². The van der Waals surface area contributed by atoms with Gasteiger partial charge in [-0.1, -0.05) is 26.7 Å². The molecule has 100 valence electrons. The van der Waals surface area contributed by atoms with Crippen LogP contribution >= 0.6 is 0 Å². The highest BCUT2D eigenvalue weighted by atomic mass is 16.1. The van der Waals surface area contributed by atoms with Crippen LogP contribution in [0.25, 0.3) is 0 Å². The maximum absolute atomic E-state index is 11.1. The van der Waals surface area contributed by atoms with Gasteiger partial charge in [0.2, 0.25) is 0 Å². The molecule has 4 heteroatoms. The molecule has 0 atom stereocenters.